The first-order valence-electron chi connectivity index (χ1n) is 23.7. The van der Waals surface area contributed by atoms with E-state index in [9.17, 15) is 27.6 Å². The number of carbonyl (C=O) groups is 3. The summed E-state index contributed by atoms with van der Waals surface area (Å²) in [4.78, 5) is 56.8. The third-order valence-corrected chi connectivity index (χ3v) is 10.5. The maximum absolute atomic E-state index is 14.2. The minimum atomic E-state index is -4.86. The number of aromatic nitrogens is 3. The van der Waals surface area contributed by atoms with E-state index in [0.29, 0.717) is 110 Å². The molecule has 3 aromatic heterocycles. The zero-order chi connectivity index (χ0) is 50.2. The van der Waals surface area contributed by atoms with Crippen LogP contribution < -0.4 is 25.0 Å². The summed E-state index contributed by atoms with van der Waals surface area (Å²) >= 11 is 0. The van der Waals surface area contributed by atoms with Gasteiger partial charge in [0.2, 0.25) is 11.8 Å². The van der Waals surface area contributed by atoms with Crippen molar-refractivity contribution in [3.8, 4) is 23.0 Å². The number of carbonyl (C=O) groups excluding carboxylic acids is 3. The molecule has 1 fully saturated rings. The van der Waals surface area contributed by atoms with E-state index in [-0.39, 0.29) is 50.7 Å². The van der Waals surface area contributed by atoms with Crippen molar-refractivity contribution in [2.24, 2.45) is 0 Å². The van der Waals surface area contributed by atoms with E-state index < -0.39 is 35.0 Å². The molecule has 21 heteroatoms. The second-order valence-electron chi connectivity index (χ2n) is 16.8. The van der Waals surface area contributed by atoms with Crippen molar-refractivity contribution in [2.45, 2.75) is 85.7 Å². The van der Waals surface area contributed by atoms with Crippen molar-refractivity contribution in [1.29, 1.82) is 0 Å². The predicted octanol–water partition coefficient (Wildman–Crippen LogP) is 6.02. The third-order valence-electron chi connectivity index (χ3n) is 10.5. The number of esters is 1. The maximum Gasteiger partial charge on any atom is 0.434 e. The Morgan fingerprint density at radius 2 is 1.55 bits per heavy atom. The van der Waals surface area contributed by atoms with E-state index in [2.05, 4.69) is 25.5 Å². The van der Waals surface area contributed by atoms with Crippen molar-refractivity contribution in [1.82, 2.24) is 35.4 Å². The SMILES string of the molecule is CCOC(=O)CN(CCCNCc1nc(-c2cccnc2OCC)ccc1N1CCN(C(=O)c2ccc(OCC)nc2C(F)(F)F)C[C@H]1CC)CCOCCOCCOCCNC(=O)OC(C)(C)C. The molecule has 1 aliphatic heterocycles. The van der Waals surface area contributed by atoms with Crippen LogP contribution in [0.4, 0.5) is 23.7 Å². The van der Waals surface area contributed by atoms with Crippen LogP contribution in [0, 0.1) is 0 Å². The first-order valence-corrected chi connectivity index (χ1v) is 23.7. The molecule has 0 saturated carbocycles. The minimum Gasteiger partial charge on any atom is -0.478 e. The fourth-order valence-corrected chi connectivity index (χ4v) is 7.38. The first kappa shape index (κ1) is 56.2. The Kier molecular flexibility index (Phi) is 23.6. The van der Waals surface area contributed by atoms with Crippen LogP contribution in [-0.4, -0.2) is 166 Å². The number of alkyl halides is 3. The number of pyridine rings is 3. The zero-order valence-electron chi connectivity index (χ0n) is 41.2. The molecule has 3 aromatic rings. The standard InChI is InChI=1S/C48H71F3N8O10/c1-8-35-33-58(45(61)37-15-18-41(66-9-2)56-43(37)48(49,50)51)23-24-59(35)40-17-16-38(36-14-12-20-53-44(36)68-11-4)55-39(40)32-52-19-13-22-57(34-42(60)67-10-3)25-27-64-29-31-65-30-28-63-26-21-54-46(62)69-47(5,6)7/h12,14-18,20,35,52H,8-11,13,19,21-34H2,1-7H3,(H,54,62)/t35-/m1/s1. The number of nitrogens with one attached hydrogen (secondary N) is 2. The third kappa shape index (κ3) is 19.2. The normalized spacial score (nSPS) is 14.2. The highest BCUT2D eigenvalue weighted by Gasteiger charge is 2.40. The lowest BCUT2D eigenvalue weighted by molar-refractivity contribution is -0.144. The van der Waals surface area contributed by atoms with Gasteiger partial charge in [-0.1, -0.05) is 6.92 Å². The van der Waals surface area contributed by atoms with Crippen molar-refractivity contribution in [3.63, 3.8) is 0 Å². The second kappa shape index (κ2) is 29.0. The molecule has 4 rings (SSSR count). The van der Waals surface area contributed by atoms with Gasteiger partial charge in [0.25, 0.3) is 5.91 Å². The molecule has 0 unspecified atom stereocenters. The summed E-state index contributed by atoms with van der Waals surface area (Å²) in [5.74, 6) is -0.821. The molecule has 1 aliphatic rings. The van der Waals surface area contributed by atoms with E-state index in [0.717, 1.165) is 23.0 Å². The fourth-order valence-electron chi connectivity index (χ4n) is 7.38. The monoisotopic (exact) mass is 977 g/mol. The molecule has 0 aromatic carbocycles. The van der Waals surface area contributed by atoms with E-state index in [1.54, 1.807) is 40.8 Å². The van der Waals surface area contributed by atoms with Gasteiger partial charge in [0.15, 0.2) is 5.69 Å². The number of alkyl carbamates (subject to hydrolysis) is 1. The zero-order valence-corrected chi connectivity index (χ0v) is 41.2. The van der Waals surface area contributed by atoms with Crippen LogP contribution in [0.15, 0.2) is 42.6 Å². The molecule has 2 N–H and O–H groups in total. The summed E-state index contributed by atoms with van der Waals surface area (Å²) in [6.07, 6.45) is -2.41. The number of hydrogen-bond donors (Lipinski definition) is 2. The summed E-state index contributed by atoms with van der Waals surface area (Å²) < 4.78 is 80.8. The molecular weight excluding hydrogens is 906 g/mol. The van der Waals surface area contributed by atoms with Crippen LogP contribution in [0.3, 0.4) is 0 Å². The number of rotatable bonds is 29. The van der Waals surface area contributed by atoms with E-state index in [1.807, 2.05) is 43.0 Å². The van der Waals surface area contributed by atoms with Gasteiger partial charge in [-0.3, -0.25) is 14.5 Å². The van der Waals surface area contributed by atoms with Crippen LogP contribution in [0.25, 0.3) is 11.3 Å². The summed E-state index contributed by atoms with van der Waals surface area (Å²) in [6.45, 7) is 18.8. The fraction of sp³-hybridized carbons (Fsp3) is 0.625. The molecular formula is C48H71F3N8O10. The molecule has 0 aliphatic carbocycles. The molecule has 1 saturated heterocycles. The average Bonchev–Trinajstić information content (AvgIpc) is 3.30. The van der Waals surface area contributed by atoms with E-state index in [1.165, 1.54) is 11.0 Å². The largest absolute Gasteiger partial charge is 0.478 e. The highest BCUT2D eigenvalue weighted by Crippen LogP contribution is 2.35. The maximum atomic E-state index is 14.2. The smallest absolute Gasteiger partial charge is 0.434 e. The molecule has 1 atom stereocenters. The van der Waals surface area contributed by atoms with Crippen LogP contribution in [0.2, 0.25) is 0 Å². The van der Waals surface area contributed by atoms with Gasteiger partial charge >= 0.3 is 18.2 Å². The van der Waals surface area contributed by atoms with Crippen LogP contribution in [-0.2, 0) is 41.2 Å². The highest BCUT2D eigenvalue weighted by molar-refractivity contribution is 5.95. The van der Waals surface area contributed by atoms with Gasteiger partial charge in [-0.15, -0.1) is 0 Å². The van der Waals surface area contributed by atoms with E-state index in [4.69, 9.17) is 38.1 Å². The number of piperazine rings is 1. The molecule has 384 valence electrons. The number of anilines is 1. The highest BCUT2D eigenvalue weighted by atomic mass is 19.4. The summed E-state index contributed by atoms with van der Waals surface area (Å²) in [7, 11) is 0. The Morgan fingerprint density at radius 1 is 0.826 bits per heavy atom. The van der Waals surface area contributed by atoms with Crippen LogP contribution in [0.5, 0.6) is 11.8 Å². The quantitative estimate of drug-likeness (QED) is 0.0607. The van der Waals surface area contributed by atoms with Crippen molar-refractivity contribution in [3.05, 3.63) is 59.5 Å². The number of ether oxygens (including phenoxy) is 7. The first-order chi connectivity index (χ1) is 33.1. The molecule has 0 bridgehead atoms. The minimum absolute atomic E-state index is 0.106. The number of hydrogen-bond acceptors (Lipinski definition) is 16. The lowest BCUT2D eigenvalue weighted by atomic mass is 10.0. The van der Waals surface area contributed by atoms with Crippen LogP contribution >= 0.6 is 0 Å². The van der Waals surface area contributed by atoms with Gasteiger partial charge in [-0.25, -0.2) is 19.7 Å². The van der Waals surface area contributed by atoms with Crippen LogP contribution in [0.1, 0.15) is 83.1 Å². The molecule has 0 spiro atoms. The number of nitrogens with zero attached hydrogens (tertiary/aromatic N) is 6. The van der Waals surface area contributed by atoms with Gasteiger partial charge in [0.1, 0.15) is 5.60 Å². The summed E-state index contributed by atoms with van der Waals surface area (Å²) in [5.41, 5.74) is 0.575. The summed E-state index contributed by atoms with van der Waals surface area (Å²) in [5, 5.41) is 6.16. The predicted molar refractivity (Wildman–Crippen MR) is 252 cm³/mol. The Labute approximate surface area is 403 Å². The van der Waals surface area contributed by atoms with Crippen molar-refractivity contribution in [2.75, 3.05) is 117 Å². The lowest BCUT2D eigenvalue weighted by Crippen LogP contribution is -2.55. The molecule has 69 heavy (non-hydrogen) atoms. The molecule has 4 heterocycles. The number of halogens is 3. The van der Waals surface area contributed by atoms with Gasteiger partial charge in [0, 0.05) is 64.1 Å². The Bertz CT molecular complexity index is 2040. The lowest BCUT2D eigenvalue weighted by Gasteiger charge is -2.43. The molecule has 0 radical (unpaired) electrons. The average molecular weight is 977 g/mol. The molecule has 18 nitrogen and oxygen atoms in total. The van der Waals surface area contributed by atoms with E-state index >= 15 is 0 Å². The van der Waals surface area contributed by atoms with Crippen molar-refractivity contribution >= 4 is 23.7 Å². The molecule has 2 amide bonds. The van der Waals surface area contributed by atoms with Gasteiger partial charge < -0.3 is 53.6 Å². The Hall–Kier alpha value is -5.35. The van der Waals surface area contributed by atoms with Gasteiger partial charge in [0.05, 0.1) is 94.2 Å². The van der Waals surface area contributed by atoms with Gasteiger partial charge in [-0.2, -0.15) is 13.2 Å². The Balaban J connectivity index is 1.35. The number of amides is 2. The second-order valence-corrected chi connectivity index (χ2v) is 16.8. The summed E-state index contributed by atoms with van der Waals surface area (Å²) in [6, 6.07) is 9.78. The van der Waals surface area contributed by atoms with Crippen molar-refractivity contribution < 1.29 is 60.7 Å². The Morgan fingerprint density at radius 3 is 2.23 bits per heavy atom. The van der Waals surface area contributed by atoms with Gasteiger partial charge in [-0.05, 0) is 91.3 Å². The topological polar surface area (TPSA) is 188 Å².